The summed E-state index contributed by atoms with van der Waals surface area (Å²) in [5.41, 5.74) is 2.19. The monoisotopic (exact) mass is 480 g/mol. The Labute approximate surface area is 189 Å². The molecule has 0 aromatic rings. The smallest absolute Gasteiger partial charge is 0.172 e. The number of alkyl halides is 1. The Morgan fingerprint density at radius 3 is 2.27 bits per heavy atom. The lowest BCUT2D eigenvalue weighted by Crippen LogP contribution is -2.56. The first-order valence-electron chi connectivity index (χ1n) is 12.2. The summed E-state index contributed by atoms with van der Waals surface area (Å²) in [5.74, 6) is 1.97. The van der Waals surface area contributed by atoms with Gasteiger partial charge < -0.3 is 18.9 Å². The number of hydrogen-bond donors (Lipinski definition) is 0. The molecule has 0 aromatic heterocycles. The standard InChI is InChI=1S/C25H37BrO4/c1-22-8-9-25(29-12-13-30-25)15-16(22)14-19(26)21-17-4-5-20(24(3)27-10-11-28-24)23(17,2)7-6-18(21)22/h14,17-21H,4-13,15H2,1-3H3/t17?,18-,19+,20-,21-,22-,23-/m0/s1. The van der Waals surface area contributed by atoms with Gasteiger partial charge in [0, 0.05) is 23.6 Å². The van der Waals surface area contributed by atoms with E-state index in [1.807, 2.05) is 0 Å². The zero-order valence-corrected chi connectivity index (χ0v) is 20.3. The van der Waals surface area contributed by atoms with E-state index in [9.17, 15) is 0 Å². The molecule has 0 aromatic carbocycles. The molecule has 3 saturated carbocycles. The summed E-state index contributed by atoms with van der Waals surface area (Å²) in [4.78, 5) is 0.448. The first-order chi connectivity index (χ1) is 14.3. The molecule has 0 bridgehead atoms. The number of hydrogen-bond acceptors (Lipinski definition) is 4. The van der Waals surface area contributed by atoms with Crippen LogP contribution >= 0.6 is 15.9 Å². The zero-order valence-electron chi connectivity index (χ0n) is 18.8. The fraction of sp³-hybridized carbons (Fsp3) is 0.920. The molecule has 1 spiro atoms. The van der Waals surface area contributed by atoms with Gasteiger partial charge in [-0.15, -0.1) is 0 Å². The van der Waals surface area contributed by atoms with Crippen molar-refractivity contribution < 1.29 is 18.9 Å². The summed E-state index contributed by atoms with van der Waals surface area (Å²) in [6.07, 6.45) is 10.9. The normalized spacial score (nSPS) is 51.3. The largest absolute Gasteiger partial charge is 0.348 e. The van der Waals surface area contributed by atoms with Crippen molar-refractivity contribution in [2.75, 3.05) is 26.4 Å². The molecule has 168 valence electrons. The van der Waals surface area contributed by atoms with Crippen molar-refractivity contribution in [2.24, 2.45) is 34.5 Å². The number of rotatable bonds is 1. The minimum atomic E-state index is -0.383. The molecule has 1 unspecified atom stereocenters. The fourth-order valence-electron chi connectivity index (χ4n) is 8.89. The van der Waals surface area contributed by atoms with Crippen LogP contribution in [0.15, 0.2) is 11.6 Å². The molecule has 2 heterocycles. The second-order valence-corrected chi connectivity index (χ2v) is 12.6. The number of ether oxygens (including phenoxy) is 4. The maximum Gasteiger partial charge on any atom is 0.172 e. The van der Waals surface area contributed by atoms with Crippen molar-refractivity contribution in [1.29, 1.82) is 0 Å². The number of allylic oxidation sites excluding steroid dienone is 1. The van der Waals surface area contributed by atoms with Crippen molar-refractivity contribution in [3.8, 4) is 0 Å². The summed E-state index contributed by atoms with van der Waals surface area (Å²) in [6.45, 7) is 10.3. The first-order valence-corrected chi connectivity index (χ1v) is 13.1. The van der Waals surface area contributed by atoms with Crippen molar-refractivity contribution >= 4 is 15.9 Å². The van der Waals surface area contributed by atoms with E-state index in [1.165, 1.54) is 32.1 Å². The topological polar surface area (TPSA) is 36.9 Å². The SMILES string of the molecule is CC1([C@H]2CCC3[C@@H]4[C@H](Br)C=C5CC6(CC[C@]5(C)[C@H]4CC[C@@]32C)OCCO6)OCCO1. The van der Waals surface area contributed by atoms with E-state index in [4.69, 9.17) is 18.9 Å². The van der Waals surface area contributed by atoms with E-state index in [1.54, 1.807) is 5.57 Å². The van der Waals surface area contributed by atoms with E-state index in [2.05, 4.69) is 42.8 Å². The van der Waals surface area contributed by atoms with Gasteiger partial charge in [0.2, 0.25) is 0 Å². The van der Waals surface area contributed by atoms with Gasteiger partial charge in [-0.1, -0.05) is 41.4 Å². The van der Waals surface area contributed by atoms with Gasteiger partial charge in [-0.25, -0.2) is 0 Å². The minimum Gasteiger partial charge on any atom is -0.348 e. The zero-order chi connectivity index (χ0) is 20.8. The second-order valence-electron chi connectivity index (χ2n) is 11.5. The molecule has 0 radical (unpaired) electrons. The highest BCUT2D eigenvalue weighted by Crippen LogP contribution is 2.69. The van der Waals surface area contributed by atoms with E-state index in [-0.39, 0.29) is 11.6 Å². The van der Waals surface area contributed by atoms with E-state index < -0.39 is 0 Å². The van der Waals surface area contributed by atoms with E-state index in [0.717, 1.165) is 51.1 Å². The number of fused-ring (bicyclic) bond motifs is 5. The van der Waals surface area contributed by atoms with Gasteiger partial charge in [0.05, 0.1) is 26.4 Å². The molecule has 4 nitrogen and oxygen atoms in total. The summed E-state index contributed by atoms with van der Waals surface area (Å²) in [6, 6.07) is 0. The Morgan fingerprint density at radius 1 is 0.833 bits per heavy atom. The quantitative estimate of drug-likeness (QED) is 0.369. The molecule has 2 saturated heterocycles. The molecule has 30 heavy (non-hydrogen) atoms. The van der Waals surface area contributed by atoms with Gasteiger partial charge in [0.15, 0.2) is 11.6 Å². The highest BCUT2D eigenvalue weighted by molar-refractivity contribution is 9.09. The lowest BCUT2D eigenvalue weighted by Gasteiger charge is -2.60. The van der Waals surface area contributed by atoms with Gasteiger partial charge in [-0.05, 0) is 67.6 Å². The van der Waals surface area contributed by atoms with E-state index in [0.29, 0.717) is 27.5 Å². The van der Waals surface area contributed by atoms with Gasteiger partial charge in [0.25, 0.3) is 0 Å². The highest BCUT2D eigenvalue weighted by atomic mass is 79.9. The third-order valence-corrected chi connectivity index (χ3v) is 11.3. The van der Waals surface area contributed by atoms with Gasteiger partial charge in [0.1, 0.15) is 0 Å². The van der Waals surface area contributed by atoms with Crippen LogP contribution in [0.2, 0.25) is 0 Å². The third-order valence-electron chi connectivity index (χ3n) is 10.4. The molecule has 2 aliphatic heterocycles. The first kappa shape index (κ1) is 20.7. The predicted molar refractivity (Wildman–Crippen MR) is 118 cm³/mol. The molecule has 7 atom stereocenters. The Kier molecular flexibility index (Phi) is 4.67. The van der Waals surface area contributed by atoms with Crippen molar-refractivity contribution in [3.05, 3.63) is 11.6 Å². The van der Waals surface area contributed by atoms with Crippen molar-refractivity contribution in [1.82, 2.24) is 0 Å². The molecule has 4 aliphatic carbocycles. The van der Waals surface area contributed by atoms with Gasteiger partial charge in [-0.2, -0.15) is 0 Å². The minimum absolute atomic E-state index is 0.291. The summed E-state index contributed by atoms with van der Waals surface area (Å²) in [7, 11) is 0. The Hall–Kier alpha value is 0.0600. The molecule has 5 heteroatoms. The molecule has 6 rings (SSSR count). The van der Waals surface area contributed by atoms with Crippen LogP contribution in [0.5, 0.6) is 0 Å². The highest BCUT2D eigenvalue weighted by Gasteiger charge is 2.65. The Bertz CT molecular complexity index is 739. The van der Waals surface area contributed by atoms with Crippen LogP contribution in [0.3, 0.4) is 0 Å². The van der Waals surface area contributed by atoms with Crippen LogP contribution in [-0.2, 0) is 18.9 Å². The molecule has 0 amide bonds. The molecule has 5 fully saturated rings. The maximum absolute atomic E-state index is 6.19. The lowest BCUT2D eigenvalue weighted by molar-refractivity contribution is -0.216. The second kappa shape index (κ2) is 6.79. The van der Waals surface area contributed by atoms with Crippen LogP contribution in [-0.4, -0.2) is 42.8 Å². The van der Waals surface area contributed by atoms with Crippen LogP contribution in [0.25, 0.3) is 0 Å². The Morgan fingerprint density at radius 2 is 1.53 bits per heavy atom. The van der Waals surface area contributed by atoms with Gasteiger partial charge >= 0.3 is 0 Å². The fourth-order valence-corrected chi connectivity index (χ4v) is 9.94. The molecular weight excluding hydrogens is 444 g/mol. The van der Waals surface area contributed by atoms with Crippen molar-refractivity contribution in [3.63, 3.8) is 0 Å². The molecular formula is C25H37BrO4. The van der Waals surface area contributed by atoms with E-state index >= 15 is 0 Å². The average molecular weight is 481 g/mol. The summed E-state index contributed by atoms with van der Waals surface area (Å²) < 4.78 is 24.6. The van der Waals surface area contributed by atoms with Crippen LogP contribution < -0.4 is 0 Å². The summed E-state index contributed by atoms with van der Waals surface area (Å²) >= 11 is 4.17. The molecule has 6 aliphatic rings. The average Bonchev–Trinajstić information content (AvgIpc) is 3.43. The van der Waals surface area contributed by atoms with Gasteiger partial charge in [-0.3, -0.25) is 0 Å². The third kappa shape index (κ3) is 2.71. The number of halogens is 1. The van der Waals surface area contributed by atoms with Crippen LogP contribution in [0.1, 0.15) is 65.7 Å². The van der Waals surface area contributed by atoms with Crippen LogP contribution in [0.4, 0.5) is 0 Å². The predicted octanol–water partition coefficient (Wildman–Crippen LogP) is 5.44. The summed E-state index contributed by atoms with van der Waals surface area (Å²) in [5, 5.41) is 0. The maximum atomic E-state index is 6.19. The van der Waals surface area contributed by atoms with Crippen molar-refractivity contribution in [2.45, 2.75) is 82.1 Å². The van der Waals surface area contributed by atoms with Crippen LogP contribution in [0, 0.1) is 34.5 Å². The molecule has 0 N–H and O–H groups in total. The lowest BCUT2D eigenvalue weighted by atomic mass is 9.47. The Balaban J connectivity index is 1.32.